The van der Waals surface area contributed by atoms with Crippen LogP contribution in [0.2, 0.25) is 0 Å². The third kappa shape index (κ3) is 9.60. The molecule has 10 nitrogen and oxygen atoms in total. The second-order valence-electron chi connectivity index (χ2n) is 3.33. The van der Waals surface area contributed by atoms with Crippen LogP contribution in [0.25, 0.3) is 0 Å². The molecule has 3 atom stereocenters. The number of hydrogen-bond acceptors (Lipinski definition) is 10. The molecule has 0 saturated carbocycles. The Hall–Kier alpha value is -0.921. The van der Waals surface area contributed by atoms with Crippen molar-refractivity contribution in [2.75, 3.05) is 6.61 Å². The van der Waals surface area contributed by atoms with Gasteiger partial charge in [0.1, 0.15) is 24.0 Å². The third-order valence-electron chi connectivity index (χ3n) is 1.82. The van der Waals surface area contributed by atoms with Gasteiger partial charge in [0.05, 0.1) is 12.8 Å². The van der Waals surface area contributed by atoms with E-state index in [0.717, 1.165) is 6.21 Å². The maximum Gasteiger partial charge on any atom is 2.00 e. The van der Waals surface area contributed by atoms with Crippen LogP contribution in [0.5, 0.6) is 0 Å². The van der Waals surface area contributed by atoms with Gasteiger partial charge in [-0.05, 0) is 10.3 Å². The summed E-state index contributed by atoms with van der Waals surface area (Å²) in [7, 11) is 0. The SMILES string of the molecule is N/C([S-])=N/N=C/C(=N\N=C(\N)[S-])C(O)C(O)C(O)CO.[Cu+2]. The minimum absolute atomic E-state index is 0. The first-order valence-electron chi connectivity index (χ1n) is 5.06. The predicted molar refractivity (Wildman–Crippen MR) is 79.0 cm³/mol. The summed E-state index contributed by atoms with van der Waals surface area (Å²) in [5, 5.41) is 50.0. The monoisotopic (exact) mass is 385 g/mol. The van der Waals surface area contributed by atoms with Gasteiger partial charge >= 0.3 is 17.1 Å². The molecule has 0 aliphatic rings. The van der Waals surface area contributed by atoms with Crippen LogP contribution >= 0.6 is 0 Å². The van der Waals surface area contributed by atoms with Crippen molar-refractivity contribution in [3.05, 3.63) is 0 Å². The van der Waals surface area contributed by atoms with E-state index in [1.807, 2.05) is 0 Å². The topological polar surface area (TPSA) is 182 Å². The number of rotatable bonds is 7. The fraction of sp³-hybridized carbons (Fsp3) is 0.500. The maximum absolute atomic E-state index is 9.76. The molecule has 1 radical (unpaired) electrons. The summed E-state index contributed by atoms with van der Waals surface area (Å²) in [5.74, 6) is 0. The van der Waals surface area contributed by atoms with Crippen LogP contribution in [0.1, 0.15) is 0 Å². The van der Waals surface area contributed by atoms with Gasteiger partial charge < -0.3 is 57.2 Å². The van der Waals surface area contributed by atoms with Crippen LogP contribution in [-0.2, 0) is 42.3 Å². The number of nitrogens with zero attached hydrogens (tertiary/aromatic N) is 4. The molecule has 3 unspecified atom stereocenters. The fourth-order valence-corrected chi connectivity index (χ4v) is 0.995. The Morgan fingerprint density at radius 3 is 2.00 bits per heavy atom. The summed E-state index contributed by atoms with van der Waals surface area (Å²) >= 11 is 8.90. The molecule has 0 aromatic carbocycles. The van der Waals surface area contributed by atoms with Crippen molar-refractivity contribution in [2.45, 2.75) is 18.3 Å². The molecule has 13 heteroatoms. The van der Waals surface area contributed by atoms with Gasteiger partial charge in [-0.2, -0.15) is 20.4 Å². The molecule has 0 heterocycles. The van der Waals surface area contributed by atoms with Crippen LogP contribution in [0.3, 0.4) is 0 Å². The minimum Gasteiger partial charge on any atom is -0.741 e. The average Bonchev–Trinajstić information content (AvgIpc) is 2.39. The molecule has 123 valence electrons. The minimum atomic E-state index is -1.74. The maximum atomic E-state index is 9.76. The molecular weight excluding hydrogens is 372 g/mol. The van der Waals surface area contributed by atoms with Gasteiger partial charge in [0.25, 0.3) is 0 Å². The average molecular weight is 386 g/mol. The Morgan fingerprint density at radius 2 is 1.57 bits per heavy atom. The van der Waals surface area contributed by atoms with Crippen molar-refractivity contribution < 1.29 is 37.5 Å². The molecule has 8 N–H and O–H groups in total. The van der Waals surface area contributed by atoms with Crippen molar-refractivity contribution in [1.82, 2.24) is 0 Å². The van der Waals surface area contributed by atoms with Crippen molar-refractivity contribution in [3.8, 4) is 0 Å². The van der Waals surface area contributed by atoms with E-state index in [9.17, 15) is 15.3 Å². The molecule has 21 heavy (non-hydrogen) atoms. The van der Waals surface area contributed by atoms with Gasteiger partial charge in [0.2, 0.25) is 0 Å². The van der Waals surface area contributed by atoms with Gasteiger partial charge in [-0.15, -0.1) is 0 Å². The van der Waals surface area contributed by atoms with E-state index in [1.165, 1.54) is 0 Å². The van der Waals surface area contributed by atoms with Crippen LogP contribution in [-0.4, -0.2) is 67.6 Å². The first-order valence-corrected chi connectivity index (χ1v) is 5.87. The summed E-state index contributed by atoms with van der Waals surface area (Å²) in [6.45, 7) is -0.771. The van der Waals surface area contributed by atoms with Crippen molar-refractivity contribution in [1.29, 1.82) is 0 Å². The Balaban J connectivity index is 0. The molecule has 0 aliphatic heterocycles. The van der Waals surface area contributed by atoms with Crippen LogP contribution in [0.4, 0.5) is 0 Å². The third-order valence-corrected chi connectivity index (χ3v) is 1.98. The van der Waals surface area contributed by atoms with E-state index < -0.39 is 24.9 Å². The van der Waals surface area contributed by atoms with E-state index in [2.05, 4.69) is 45.7 Å². The molecule has 0 aliphatic carbocycles. The second kappa shape index (κ2) is 11.7. The smallest absolute Gasteiger partial charge is 0.741 e. The molecule has 0 fully saturated rings. The molecular formula is C8H14CuN6O4S2. The molecule has 0 amide bonds. The first kappa shape index (κ1) is 22.4. The standard InChI is InChI=1S/C8H16N6O4S2.Cu/c9-7(19)13-11-1-3(12-14-8(10)20)5(17)6(18)4(16)2-15;/h1,4-6,15-18H,2H2,(H3,9,13,19)(H3,10,14,20);/q;+2/p-2/b11-1+,12-3+;. The summed E-state index contributed by atoms with van der Waals surface area (Å²) in [5.41, 5.74) is 9.84. The zero-order chi connectivity index (χ0) is 15.7. The number of hydrogen-bond donors (Lipinski definition) is 6. The zero-order valence-electron chi connectivity index (χ0n) is 10.4. The number of amidine groups is 2. The van der Waals surface area contributed by atoms with E-state index in [0.29, 0.717) is 0 Å². The Morgan fingerprint density at radius 1 is 1.05 bits per heavy atom. The molecule has 0 rings (SSSR count). The summed E-state index contributed by atoms with van der Waals surface area (Å²) < 4.78 is 0. The van der Waals surface area contributed by atoms with Gasteiger partial charge in [0.15, 0.2) is 0 Å². The fourth-order valence-electron chi connectivity index (χ4n) is 0.907. The van der Waals surface area contributed by atoms with Gasteiger partial charge in [-0.1, -0.05) is 0 Å². The van der Waals surface area contributed by atoms with E-state index in [-0.39, 0.29) is 33.1 Å². The number of aliphatic hydroxyl groups excluding tert-OH is 4. The predicted octanol–water partition coefficient (Wildman–Crippen LogP) is -3.88. The van der Waals surface area contributed by atoms with Crippen molar-refractivity contribution in [2.24, 2.45) is 31.9 Å². The van der Waals surface area contributed by atoms with Crippen LogP contribution < -0.4 is 11.5 Å². The van der Waals surface area contributed by atoms with Gasteiger partial charge in [0, 0.05) is 0 Å². The van der Waals surface area contributed by atoms with Crippen LogP contribution in [0.15, 0.2) is 20.4 Å². The Bertz CT molecular complexity index is 425. The second-order valence-corrected chi connectivity index (χ2v) is 4.17. The van der Waals surface area contributed by atoms with Gasteiger partial charge in [-0.3, -0.25) is 0 Å². The normalized spacial score (nSPS) is 18.2. The van der Waals surface area contributed by atoms with Gasteiger partial charge in [-0.25, -0.2) is 0 Å². The molecule has 0 aromatic rings. The number of nitrogens with two attached hydrogens (primary N) is 2. The molecule has 0 bridgehead atoms. The quantitative estimate of drug-likeness (QED) is 0.0845. The summed E-state index contributed by atoms with van der Waals surface area (Å²) in [6.07, 6.45) is -4.17. The largest absolute Gasteiger partial charge is 2.00 e. The summed E-state index contributed by atoms with van der Waals surface area (Å²) in [4.78, 5) is 0. The van der Waals surface area contributed by atoms with E-state index in [1.54, 1.807) is 0 Å². The number of aliphatic hydroxyl groups is 4. The zero-order valence-corrected chi connectivity index (χ0v) is 12.9. The van der Waals surface area contributed by atoms with E-state index in [4.69, 9.17) is 16.6 Å². The summed E-state index contributed by atoms with van der Waals surface area (Å²) in [6, 6.07) is 0. The Labute approximate surface area is 142 Å². The first-order chi connectivity index (χ1) is 9.29. The van der Waals surface area contributed by atoms with Crippen molar-refractivity contribution in [3.63, 3.8) is 0 Å². The molecule has 0 spiro atoms. The molecule has 0 saturated heterocycles. The molecule has 0 aromatic heterocycles. The van der Waals surface area contributed by atoms with Crippen molar-refractivity contribution >= 4 is 47.5 Å². The Kier molecular flexibility index (Phi) is 12.5. The van der Waals surface area contributed by atoms with E-state index >= 15 is 0 Å². The van der Waals surface area contributed by atoms with Crippen LogP contribution in [0, 0.1) is 0 Å².